The molecule has 0 radical (unpaired) electrons. The minimum atomic E-state index is -4.36. The first-order valence-corrected chi connectivity index (χ1v) is 7.84. The largest absolute Gasteiger partial charge is 0.497 e. The van der Waals surface area contributed by atoms with E-state index in [1.165, 1.54) is 18.4 Å². The normalized spacial score (nSPS) is 11.4. The molecule has 3 aromatic rings. The molecular formula is C19H17F3N2O2. The van der Waals surface area contributed by atoms with E-state index in [0.29, 0.717) is 17.8 Å². The second-order valence-electron chi connectivity index (χ2n) is 5.77. The van der Waals surface area contributed by atoms with Crippen molar-refractivity contribution in [2.24, 2.45) is 0 Å². The highest BCUT2D eigenvalue weighted by Crippen LogP contribution is 2.31. The fraction of sp³-hybridized carbons (Fsp3) is 0.211. The Bertz CT molecular complexity index is 856. The van der Waals surface area contributed by atoms with E-state index >= 15 is 0 Å². The highest BCUT2D eigenvalue weighted by molar-refractivity contribution is 5.54. The highest BCUT2D eigenvalue weighted by atomic mass is 19.4. The van der Waals surface area contributed by atoms with E-state index in [1.807, 2.05) is 36.2 Å². The number of methoxy groups -OCH3 is 1. The van der Waals surface area contributed by atoms with Crippen LogP contribution in [0.3, 0.4) is 0 Å². The smallest absolute Gasteiger partial charge is 0.416 e. The molecule has 1 heterocycles. The number of anilines is 1. The van der Waals surface area contributed by atoms with Crippen LogP contribution in [-0.4, -0.2) is 19.1 Å². The molecule has 136 valence electrons. The van der Waals surface area contributed by atoms with Gasteiger partial charge in [0, 0.05) is 18.3 Å². The number of ether oxygens (including phenoxy) is 1. The summed E-state index contributed by atoms with van der Waals surface area (Å²) in [5, 5.41) is 0. The second kappa shape index (κ2) is 7.11. The topological polar surface area (TPSA) is 38.5 Å². The first-order chi connectivity index (χ1) is 12.4. The molecule has 0 aliphatic carbocycles. The molecule has 2 aromatic carbocycles. The minimum Gasteiger partial charge on any atom is -0.497 e. The van der Waals surface area contributed by atoms with Gasteiger partial charge in [0.05, 0.1) is 24.9 Å². The zero-order chi connectivity index (χ0) is 18.7. The number of halogens is 3. The van der Waals surface area contributed by atoms with Crippen molar-refractivity contribution in [2.45, 2.75) is 12.7 Å². The molecule has 4 nitrogen and oxygen atoms in total. The lowest BCUT2D eigenvalue weighted by atomic mass is 10.1. The number of hydrogen-bond acceptors (Lipinski definition) is 4. The monoisotopic (exact) mass is 362 g/mol. The van der Waals surface area contributed by atoms with E-state index in [1.54, 1.807) is 7.11 Å². The van der Waals surface area contributed by atoms with Gasteiger partial charge in [-0.05, 0) is 48.5 Å². The van der Waals surface area contributed by atoms with Crippen molar-refractivity contribution in [3.63, 3.8) is 0 Å². The van der Waals surface area contributed by atoms with Crippen molar-refractivity contribution in [1.82, 2.24) is 4.98 Å². The molecule has 0 amide bonds. The molecule has 0 N–H and O–H groups in total. The Kier molecular flexibility index (Phi) is 4.88. The van der Waals surface area contributed by atoms with Crippen LogP contribution < -0.4 is 9.64 Å². The van der Waals surface area contributed by atoms with Gasteiger partial charge in [0.2, 0.25) is 5.89 Å². The summed E-state index contributed by atoms with van der Waals surface area (Å²) in [4.78, 5) is 6.34. The molecule has 0 unspecified atom stereocenters. The van der Waals surface area contributed by atoms with Crippen LogP contribution >= 0.6 is 0 Å². The lowest BCUT2D eigenvalue weighted by Gasteiger charge is -2.17. The number of oxazole rings is 1. The molecule has 0 saturated carbocycles. The number of hydrogen-bond donors (Lipinski definition) is 0. The summed E-state index contributed by atoms with van der Waals surface area (Å²) in [6.07, 6.45) is -2.85. The zero-order valence-corrected chi connectivity index (χ0v) is 14.2. The van der Waals surface area contributed by atoms with Gasteiger partial charge in [-0.1, -0.05) is 0 Å². The summed E-state index contributed by atoms with van der Waals surface area (Å²) >= 11 is 0. The standard InChI is InChI=1S/C19H17F3N2O2/c1-24(16-7-9-17(25-2)10-8-16)11-15-12-26-18(23-15)13-3-5-14(6-4-13)19(20,21)22/h3-10,12H,11H2,1-2H3. The Labute approximate surface area is 148 Å². The van der Waals surface area contributed by atoms with E-state index in [4.69, 9.17) is 9.15 Å². The Morgan fingerprint density at radius 1 is 1.04 bits per heavy atom. The maximum absolute atomic E-state index is 12.6. The third-order valence-electron chi connectivity index (χ3n) is 3.92. The van der Waals surface area contributed by atoms with Crippen LogP contribution in [-0.2, 0) is 12.7 Å². The molecule has 0 saturated heterocycles. The van der Waals surface area contributed by atoms with Crippen molar-refractivity contribution < 1.29 is 22.3 Å². The maximum Gasteiger partial charge on any atom is 0.416 e. The summed E-state index contributed by atoms with van der Waals surface area (Å²) in [5.74, 6) is 1.06. The van der Waals surface area contributed by atoms with Gasteiger partial charge in [-0.3, -0.25) is 0 Å². The Morgan fingerprint density at radius 2 is 1.69 bits per heavy atom. The van der Waals surface area contributed by atoms with Gasteiger partial charge >= 0.3 is 6.18 Å². The fourth-order valence-corrected chi connectivity index (χ4v) is 2.48. The molecule has 7 heteroatoms. The first kappa shape index (κ1) is 17.8. The molecular weight excluding hydrogens is 345 g/mol. The van der Waals surface area contributed by atoms with Gasteiger partial charge in [0.25, 0.3) is 0 Å². The Balaban J connectivity index is 1.71. The van der Waals surface area contributed by atoms with Crippen molar-refractivity contribution in [2.75, 3.05) is 19.1 Å². The maximum atomic E-state index is 12.6. The number of benzene rings is 2. The zero-order valence-electron chi connectivity index (χ0n) is 14.2. The lowest BCUT2D eigenvalue weighted by molar-refractivity contribution is -0.137. The third-order valence-corrected chi connectivity index (χ3v) is 3.92. The second-order valence-corrected chi connectivity index (χ2v) is 5.77. The van der Waals surface area contributed by atoms with Crippen LogP contribution in [0.1, 0.15) is 11.3 Å². The van der Waals surface area contributed by atoms with Crippen LogP contribution in [0.25, 0.3) is 11.5 Å². The van der Waals surface area contributed by atoms with Crippen LogP contribution in [0.2, 0.25) is 0 Å². The van der Waals surface area contributed by atoms with Crippen LogP contribution in [0.4, 0.5) is 18.9 Å². The van der Waals surface area contributed by atoms with Crippen molar-refractivity contribution in [1.29, 1.82) is 0 Å². The average Bonchev–Trinajstić information content (AvgIpc) is 3.09. The molecule has 0 aliphatic heterocycles. The van der Waals surface area contributed by atoms with E-state index in [-0.39, 0.29) is 5.89 Å². The molecule has 3 rings (SSSR count). The highest BCUT2D eigenvalue weighted by Gasteiger charge is 2.30. The molecule has 0 bridgehead atoms. The number of nitrogens with zero attached hydrogens (tertiary/aromatic N) is 2. The van der Waals surface area contributed by atoms with Crippen molar-refractivity contribution in [3.05, 3.63) is 66.1 Å². The molecule has 0 spiro atoms. The average molecular weight is 362 g/mol. The van der Waals surface area contributed by atoms with Crippen molar-refractivity contribution >= 4 is 5.69 Å². The van der Waals surface area contributed by atoms with Crippen molar-refractivity contribution in [3.8, 4) is 17.2 Å². The minimum absolute atomic E-state index is 0.289. The summed E-state index contributed by atoms with van der Waals surface area (Å²) in [6, 6.07) is 12.3. The van der Waals surface area contributed by atoms with E-state index in [9.17, 15) is 13.2 Å². The van der Waals surface area contributed by atoms with Gasteiger partial charge in [-0.2, -0.15) is 13.2 Å². The summed E-state index contributed by atoms with van der Waals surface area (Å²) in [6.45, 7) is 0.496. The Hall–Kier alpha value is -2.96. The predicted octanol–water partition coefficient (Wildman–Crippen LogP) is 5.01. The van der Waals surface area contributed by atoms with Crippen LogP contribution in [0.5, 0.6) is 5.75 Å². The van der Waals surface area contributed by atoms with E-state index in [2.05, 4.69) is 4.98 Å². The third kappa shape index (κ3) is 3.99. The molecule has 0 atom stereocenters. The summed E-state index contributed by atoms with van der Waals surface area (Å²) in [5.41, 5.74) is 1.45. The van der Waals surface area contributed by atoms with Crippen LogP contribution in [0, 0.1) is 0 Å². The van der Waals surface area contributed by atoms with E-state index in [0.717, 1.165) is 23.6 Å². The molecule has 1 aromatic heterocycles. The lowest BCUT2D eigenvalue weighted by Crippen LogP contribution is -2.16. The fourth-order valence-electron chi connectivity index (χ4n) is 2.48. The summed E-state index contributed by atoms with van der Waals surface area (Å²) < 4.78 is 48.4. The molecule has 0 aliphatic rings. The van der Waals surface area contributed by atoms with Gasteiger partial charge in [-0.15, -0.1) is 0 Å². The number of alkyl halides is 3. The number of aromatic nitrogens is 1. The predicted molar refractivity (Wildman–Crippen MR) is 92.0 cm³/mol. The van der Waals surface area contributed by atoms with Gasteiger partial charge in [0.15, 0.2) is 0 Å². The first-order valence-electron chi connectivity index (χ1n) is 7.84. The van der Waals surface area contributed by atoms with Gasteiger partial charge in [-0.25, -0.2) is 4.98 Å². The Morgan fingerprint density at radius 3 is 2.27 bits per heavy atom. The molecule has 26 heavy (non-hydrogen) atoms. The summed E-state index contributed by atoms with van der Waals surface area (Å²) in [7, 11) is 3.52. The quantitative estimate of drug-likeness (QED) is 0.640. The molecule has 0 fully saturated rings. The van der Waals surface area contributed by atoms with Crippen LogP contribution in [0.15, 0.2) is 59.2 Å². The van der Waals surface area contributed by atoms with Gasteiger partial charge < -0.3 is 14.1 Å². The van der Waals surface area contributed by atoms with E-state index < -0.39 is 11.7 Å². The SMILES string of the molecule is COc1ccc(N(C)Cc2coc(-c3ccc(C(F)(F)F)cc3)n2)cc1. The van der Waals surface area contributed by atoms with Gasteiger partial charge in [0.1, 0.15) is 12.0 Å². The number of rotatable bonds is 5.